The maximum absolute atomic E-state index is 13.0. The summed E-state index contributed by atoms with van der Waals surface area (Å²) in [4.78, 5) is 28.2. The topological polar surface area (TPSA) is 72.9 Å². The van der Waals surface area contributed by atoms with E-state index in [1.807, 2.05) is 0 Å². The number of carbonyl (C=O) groups is 2. The molecule has 0 spiro atoms. The van der Waals surface area contributed by atoms with Crippen LogP contribution in [0.25, 0.3) is 0 Å². The highest BCUT2D eigenvalue weighted by molar-refractivity contribution is 5.92. The smallest absolute Gasteiger partial charge is 0.416 e. The fraction of sp³-hybridized carbons (Fsp3) is 0.579. The number of alkyl halides is 3. The van der Waals surface area contributed by atoms with Gasteiger partial charge in [0.1, 0.15) is 5.54 Å². The van der Waals surface area contributed by atoms with Crippen molar-refractivity contribution in [1.82, 2.24) is 15.1 Å². The number of carbonyl (C=O) groups excluding carboxylic acids is 1. The van der Waals surface area contributed by atoms with Crippen molar-refractivity contribution in [3.05, 3.63) is 35.4 Å². The van der Waals surface area contributed by atoms with Crippen LogP contribution in [-0.2, 0) is 16.5 Å². The molecule has 2 heterocycles. The molecule has 3 rings (SSSR count). The Morgan fingerprint density at radius 3 is 2.24 bits per heavy atom. The third kappa shape index (κ3) is 4.36. The second kappa shape index (κ2) is 8.89. The Morgan fingerprint density at radius 2 is 1.76 bits per heavy atom. The van der Waals surface area contributed by atoms with Gasteiger partial charge in [-0.2, -0.15) is 13.2 Å². The van der Waals surface area contributed by atoms with Crippen molar-refractivity contribution in [2.45, 2.75) is 37.5 Å². The molecule has 0 aromatic heterocycles. The highest BCUT2D eigenvalue weighted by Gasteiger charge is 2.54. The van der Waals surface area contributed by atoms with Crippen molar-refractivity contribution in [1.29, 1.82) is 0 Å². The van der Waals surface area contributed by atoms with Gasteiger partial charge in [0.2, 0.25) is 0 Å². The number of piperazine rings is 1. The van der Waals surface area contributed by atoms with Crippen molar-refractivity contribution >= 4 is 24.3 Å². The zero-order valence-electron chi connectivity index (χ0n) is 16.0. The summed E-state index contributed by atoms with van der Waals surface area (Å²) in [5.74, 6) is -0.411. The Hall–Kier alpha value is -1.84. The Labute approximate surface area is 173 Å². The summed E-state index contributed by atoms with van der Waals surface area (Å²) in [6.07, 6.45) is -3.71. The van der Waals surface area contributed by atoms with Crippen LogP contribution in [0.1, 0.15) is 30.9 Å². The van der Waals surface area contributed by atoms with Crippen LogP contribution in [0.3, 0.4) is 0 Å². The van der Waals surface area contributed by atoms with Gasteiger partial charge in [-0.15, -0.1) is 12.4 Å². The van der Waals surface area contributed by atoms with Crippen molar-refractivity contribution in [3.8, 4) is 0 Å². The Bertz CT molecular complexity index is 738. The number of benzene rings is 1. The third-order valence-corrected chi connectivity index (χ3v) is 5.72. The maximum Gasteiger partial charge on any atom is 0.416 e. The van der Waals surface area contributed by atoms with Crippen LogP contribution in [-0.4, -0.2) is 65.5 Å². The fourth-order valence-electron chi connectivity index (χ4n) is 4.44. The van der Waals surface area contributed by atoms with Crippen LogP contribution >= 0.6 is 12.4 Å². The largest absolute Gasteiger partial charge is 0.465 e. The van der Waals surface area contributed by atoms with Gasteiger partial charge in [0.25, 0.3) is 0 Å². The van der Waals surface area contributed by atoms with Gasteiger partial charge < -0.3 is 15.3 Å². The molecule has 1 aromatic carbocycles. The lowest BCUT2D eigenvalue weighted by Crippen LogP contribution is -2.71. The molecule has 2 fully saturated rings. The van der Waals surface area contributed by atoms with E-state index in [4.69, 9.17) is 0 Å². The van der Waals surface area contributed by atoms with Crippen molar-refractivity contribution in [2.24, 2.45) is 0 Å². The van der Waals surface area contributed by atoms with Crippen LogP contribution in [0.4, 0.5) is 18.0 Å². The van der Waals surface area contributed by atoms with E-state index >= 15 is 0 Å². The fourth-order valence-corrected chi connectivity index (χ4v) is 4.44. The summed E-state index contributed by atoms with van der Waals surface area (Å²) in [6, 6.07) is 3.71. The normalized spacial score (nSPS) is 25.5. The molecule has 0 aliphatic carbocycles. The number of rotatable bonds is 4. The first kappa shape index (κ1) is 23.4. The molecule has 2 unspecified atom stereocenters. The number of carboxylic acid groups (broad SMARTS) is 1. The van der Waals surface area contributed by atoms with Gasteiger partial charge in [0.05, 0.1) is 11.6 Å². The van der Waals surface area contributed by atoms with Crippen molar-refractivity contribution in [3.63, 3.8) is 0 Å². The standard InChI is InChI=1S/C19H24F3N3O3.ClH/c1-13(26)18(14-4-6-15(7-5-14)19(20,21)22)16(12-24-9-2-3-10-24)23-8-11-25(18)17(27)28;/h4-7,16,23H,2-3,8-12H2,1H3,(H,27,28);1H. The molecule has 0 radical (unpaired) electrons. The summed E-state index contributed by atoms with van der Waals surface area (Å²) >= 11 is 0. The number of hydrogen-bond acceptors (Lipinski definition) is 4. The Balaban J connectivity index is 0.00000300. The molecule has 2 aliphatic heterocycles. The molecule has 29 heavy (non-hydrogen) atoms. The number of halogens is 4. The average molecular weight is 436 g/mol. The van der Waals surface area contributed by atoms with Crippen LogP contribution in [0, 0.1) is 0 Å². The molecule has 2 N–H and O–H groups in total. The van der Waals surface area contributed by atoms with Crippen LogP contribution in [0.2, 0.25) is 0 Å². The van der Waals surface area contributed by atoms with E-state index in [0.717, 1.165) is 43.0 Å². The van der Waals surface area contributed by atoms with Gasteiger partial charge in [0, 0.05) is 19.6 Å². The first-order valence-corrected chi connectivity index (χ1v) is 9.32. The number of hydrogen-bond donors (Lipinski definition) is 2. The second-order valence-corrected chi connectivity index (χ2v) is 7.35. The Kier molecular flexibility index (Phi) is 7.19. The van der Waals surface area contributed by atoms with Crippen molar-refractivity contribution in [2.75, 3.05) is 32.7 Å². The zero-order chi connectivity index (χ0) is 20.5. The molecule has 0 saturated carbocycles. The molecular weight excluding hydrogens is 411 g/mol. The molecule has 0 bridgehead atoms. The number of nitrogens with one attached hydrogen (secondary N) is 1. The van der Waals surface area contributed by atoms with Gasteiger partial charge in [-0.3, -0.25) is 9.69 Å². The monoisotopic (exact) mass is 435 g/mol. The molecule has 2 aliphatic rings. The van der Waals surface area contributed by atoms with Crippen LogP contribution in [0.5, 0.6) is 0 Å². The summed E-state index contributed by atoms with van der Waals surface area (Å²) in [5, 5.41) is 13.1. The van der Waals surface area contributed by atoms with E-state index in [1.165, 1.54) is 19.1 Å². The minimum atomic E-state index is -4.51. The van der Waals surface area contributed by atoms with Crippen molar-refractivity contribution < 1.29 is 27.9 Å². The summed E-state index contributed by atoms with van der Waals surface area (Å²) < 4.78 is 38.9. The third-order valence-electron chi connectivity index (χ3n) is 5.72. The first-order chi connectivity index (χ1) is 13.2. The number of nitrogens with zero attached hydrogens (tertiary/aromatic N) is 2. The molecule has 162 valence electrons. The summed E-state index contributed by atoms with van der Waals surface area (Å²) in [5.41, 5.74) is -2.15. The highest BCUT2D eigenvalue weighted by atomic mass is 35.5. The van der Waals surface area contributed by atoms with E-state index in [9.17, 15) is 27.9 Å². The molecular formula is C19H25ClF3N3O3. The van der Waals surface area contributed by atoms with Gasteiger partial charge in [0.15, 0.2) is 5.78 Å². The predicted molar refractivity (Wildman–Crippen MR) is 103 cm³/mol. The number of ketones is 1. The maximum atomic E-state index is 13.0. The molecule has 10 heteroatoms. The lowest BCUT2D eigenvalue weighted by atomic mass is 9.76. The number of Topliss-reactive ketones (excluding diaryl/α,β-unsaturated/α-hetero) is 1. The van der Waals surface area contributed by atoms with Crippen LogP contribution < -0.4 is 5.32 Å². The summed E-state index contributed by atoms with van der Waals surface area (Å²) in [7, 11) is 0. The van der Waals surface area contributed by atoms with E-state index in [2.05, 4.69) is 10.2 Å². The second-order valence-electron chi connectivity index (χ2n) is 7.35. The van der Waals surface area contributed by atoms with Gasteiger partial charge in [-0.25, -0.2) is 4.79 Å². The molecule has 6 nitrogen and oxygen atoms in total. The van der Waals surface area contributed by atoms with Gasteiger partial charge in [-0.05, 0) is 50.6 Å². The predicted octanol–water partition coefficient (Wildman–Crippen LogP) is 2.96. The molecule has 1 amide bonds. The average Bonchev–Trinajstić information content (AvgIpc) is 3.13. The lowest BCUT2D eigenvalue weighted by molar-refractivity contribution is -0.137. The summed E-state index contributed by atoms with van der Waals surface area (Å²) in [6.45, 7) is 3.91. The minimum Gasteiger partial charge on any atom is -0.465 e. The molecule has 2 saturated heterocycles. The van der Waals surface area contributed by atoms with Crippen LogP contribution in [0.15, 0.2) is 24.3 Å². The number of amides is 1. The van der Waals surface area contributed by atoms with E-state index in [1.54, 1.807) is 0 Å². The zero-order valence-corrected chi connectivity index (χ0v) is 16.9. The molecule has 1 aromatic rings. The Morgan fingerprint density at radius 1 is 1.17 bits per heavy atom. The van der Waals surface area contributed by atoms with E-state index in [0.29, 0.717) is 13.1 Å². The minimum absolute atomic E-state index is 0. The van der Waals surface area contributed by atoms with Gasteiger partial charge in [-0.1, -0.05) is 12.1 Å². The number of likely N-dealkylation sites (tertiary alicyclic amines) is 1. The molecule has 2 atom stereocenters. The quantitative estimate of drug-likeness (QED) is 0.760. The highest BCUT2D eigenvalue weighted by Crippen LogP contribution is 2.38. The lowest BCUT2D eigenvalue weighted by Gasteiger charge is -2.50. The van der Waals surface area contributed by atoms with Gasteiger partial charge >= 0.3 is 12.3 Å². The van der Waals surface area contributed by atoms with E-state index in [-0.39, 0.29) is 24.5 Å². The van der Waals surface area contributed by atoms with E-state index < -0.39 is 35.2 Å². The SMILES string of the molecule is CC(=O)C1(c2ccc(C(F)(F)F)cc2)C(CN2CCCC2)NCCN1C(=O)O.Cl. The first-order valence-electron chi connectivity index (χ1n) is 9.32.